The summed E-state index contributed by atoms with van der Waals surface area (Å²) in [6, 6.07) is 0. The molecule has 26 heteroatoms. The number of rotatable bonds is 72. The van der Waals surface area contributed by atoms with E-state index >= 15 is 0 Å². The highest BCUT2D eigenvalue weighted by Crippen LogP contribution is 2.49. The number of ether oxygens (including phenoxy) is 8. The van der Waals surface area contributed by atoms with Crippen LogP contribution in [0.25, 0.3) is 0 Å². The minimum absolute atomic E-state index is 0.00866. The molecule has 3 aliphatic rings. The van der Waals surface area contributed by atoms with Crippen molar-refractivity contribution in [2.24, 2.45) is 0 Å². The van der Waals surface area contributed by atoms with E-state index < -0.39 is 162 Å². The van der Waals surface area contributed by atoms with Gasteiger partial charge in [0.1, 0.15) is 92.6 Å². The maximum atomic E-state index is 14.9. The van der Waals surface area contributed by atoms with Crippen LogP contribution in [0.3, 0.4) is 0 Å². The van der Waals surface area contributed by atoms with Crippen molar-refractivity contribution in [3.8, 4) is 0 Å². The van der Waals surface area contributed by atoms with Crippen LogP contribution in [0.15, 0.2) is 36.5 Å². The number of aliphatic hydroxyl groups excluding tert-OH is 9. The van der Waals surface area contributed by atoms with Gasteiger partial charge in [-0.2, -0.15) is 0 Å². The van der Waals surface area contributed by atoms with Crippen LogP contribution in [-0.2, 0) is 70.7 Å². The average molecular weight is 1650 g/mol. The molecule has 0 aromatic heterocycles. The quantitative estimate of drug-likeness (QED) is 0.00889. The van der Waals surface area contributed by atoms with Gasteiger partial charge in [-0.3, -0.25) is 28.2 Å². The number of esters is 4. The van der Waals surface area contributed by atoms with Gasteiger partial charge in [0, 0.05) is 25.7 Å². The Hall–Kier alpha value is -3.31. The molecule has 2 aliphatic heterocycles. The molecule has 0 bridgehead atoms. The first-order valence-electron chi connectivity index (χ1n) is 45.2. The second kappa shape index (κ2) is 67.4. The molecule has 1 saturated carbocycles. The van der Waals surface area contributed by atoms with E-state index in [4.69, 9.17) is 46.9 Å². The summed E-state index contributed by atoms with van der Waals surface area (Å²) in [5, 5.41) is 102. The van der Waals surface area contributed by atoms with Crippen LogP contribution in [0, 0.1) is 0 Å². The Morgan fingerprint density at radius 1 is 0.342 bits per heavy atom. The van der Waals surface area contributed by atoms with Crippen molar-refractivity contribution in [3.63, 3.8) is 0 Å². The van der Waals surface area contributed by atoms with Crippen LogP contribution >= 0.6 is 7.82 Å². The van der Waals surface area contributed by atoms with Gasteiger partial charge in [0.05, 0.1) is 13.2 Å². The lowest BCUT2D eigenvalue weighted by molar-refractivity contribution is -0.360. The topological polar surface area (TPSA) is 380 Å². The normalized spacial score (nSPS) is 25.5. The fourth-order valence-corrected chi connectivity index (χ4v) is 15.6. The molecule has 666 valence electrons. The van der Waals surface area contributed by atoms with E-state index in [1.165, 1.54) is 154 Å². The van der Waals surface area contributed by atoms with Gasteiger partial charge in [-0.25, -0.2) is 4.57 Å². The Balaban J connectivity index is 1.93. The van der Waals surface area contributed by atoms with Crippen LogP contribution in [0.5, 0.6) is 0 Å². The summed E-state index contributed by atoms with van der Waals surface area (Å²) in [4.78, 5) is 66.2. The van der Waals surface area contributed by atoms with Crippen LogP contribution in [0.4, 0.5) is 0 Å². The molecule has 0 aromatic rings. The number of phosphoric ester groups is 1. The highest BCUT2D eigenvalue weighted by Gasteiger charge is 2.60. The maximum Gasteiger partial charge on any atom is 0.472 e. The summed E-state index contributed by atoms with van der Waals surface area (Å²) >= 11 is 0. The standard InChI is InChI=1S/C88H159O25P/c1-5-9-13-17-21-25-29-33-34-35-39-41-45-49-53-57-61-72(91)105-67-70-76(95)78(97)82(101)88(109-70)112-85-83(110-74(93)63-59-55-51-47-43-38-32-28-24-20-16-12-8-4)79(98)80(99)84(111-87-81(100)77(96)75(94)69(64-89)108-87)86(85)113-114(102,103)106-66-68(107-73(92)62-58-54-50-46-42-37-31-27-23-19-15-11-7-3)65-104-71(90)60-56-52-48-44-40-36-30-26-22-18-14-10-6-2/h36-38,40,42-43,68-70,75-89,94-101H,5-35,39,41,44-67H2,1-4H3,(H,102,103)/b40-36-,42-37-,43-38-. The largest absolute Gasteiger partial charge is 0.472 e. The van der Waals surface area contributed by atoms with Crippen LogP contribution < -0.4 is 0 Å². The fourth-order valence-electron chi connectivity index (χ4n) is 14.6. The highest BCUT2D eigenvalue weighted by atomic mass is 31.2. The number of carbonyl (C=O) groups is 4. The first-order valence-corrected chi connectivity index (χ1v) is 46.7. The first-order chi connectivity index (χ1) is 55.2. The van der Waals surface area contributed by atoms with Crippen molar-refractivity contribution in [2.75, 3.05) is 26.4 Å². The molecule has 25 nitrogen and oxygen atoms in total. The molecule has 10 N–H and O–H groups in total. The zero-order valence-corrected chi connectivity index (χ0v) is 71.5. The molecule has 18 atom stereocenters. The van der Waals surface area contributed by atoms with Gasteiger partial charge in [0.2, 0.25) is 0 Å². The smallest absolute Gasteiger partial charge is 0.463 e. The molecule has 114 heavy (non-hydrogen) atoms. The van der Waals surface area contributed by atoms with Crippen molar-refractivity contribution in [2.45, 2.75) is 472 Å². The molecule has 0 spiro atoms. The summed E-state index contributed by atoms with van der Waals surface area (Å²) in [5.74, 6) is -3.03. The second-order valence-electron chi connectivity index (χ2n) is 32.1. The van der Waals surface area contributed by atoms with Crippen molar-refractivity contribution in [1.82, 2.24) is 0 Å². The van der Waals surface area contributed by atoms with Crippen molar-refractivity contribution < 1.29 is 122 Å². The Morgan fingerprint density at radius 3 is 1.05 bits per heavy atom. The number of aliphatic hydroxyl groups is 9. The lowest BCUT2D eigenvalue weighted by Crippen LogP contribution is -2.70. The van der Waals surface area contributed by atoms with E-state index in [1.807, 2.05) is 0 Å². The van der Waals surface area contributed by atoms with Crippen LogP contribution in [-0.4, -0.2) is 205 Å². The van der Waals surface area contributed by atoms with Gasteiger partial charge in [-0.1, -0.05) is 276 Å². The summed E-state index contributed by atoms with van der Waals surface area (Å²) in [5.41, 5.74) is 0. The molecule has 2 saturated heterocycles. The van der Waals surface area contributed by atoms with E-state index in [2.05, 4.69) is 64.2 Å². The average Bonchev–Trinajstić information content (AvgIpc) is 0.754. The van der Waals surface area contributed by atoms with Gasteiger partial charge < -0.3 is 88.7 Å². The molecular weight excluding hydrogens is 1490 g/mol. The highest BCUT2D eigenvalue weighted by molar-refractivity contribution is 7.47. The summed E-state index contributed by atoms with van der Waals surface area (Å²) in [6.45, 7) is 5.51. The number of carbonyl (C=O) groups excluding carboxylic acids is 4. The van der Waals surface area contributed by atoms with E-state index in [-0.39, 0.29) is 32.1 Å². The number of hydrogen-bond acceptors (Lipinski definition) is 24. The van der Waals surface area contributed by atoms with Crippen molar-refractivity contribution in [3.05, 3.63) is 36.5 Å². The zero-order chi connectivity index (χ0) is 83.2. The van der Waals surface area contributed by atoms with Gasteiger partial charge in [-0.05, 0) is 103 Å². The Morgan fingerprint density at radius 2 is 0.658 bits per heavy atom. The summed E-state index contributed by atoms with van der Waals surface area (Å²) in [7, 11) is -5.81. The number of unbranched alkanes of at least 4 members (excludes halogenated alkanes) is 42. The number of allylic oxidation sites excluding steroid dienone is 6. The molecule has 0 aromatic carbocycles. The van der Waals surface area contributed by atoms with E-state index in [0.29, 0.717) is 38.5 Å². The lowest BCUT2D eigenvalue weighted by Gasteiger charge is -2.50. The molecular formula is C88H159O25P. The third-order valence-corrected chi connectivity index (χ3v) is 22.8. The Bertz CT molecular complexity index is 2520. The van der Waals surface area contributed by atoms with E-state index in [1.54, 1.807) is 0 Å². The van der Waals surface area contributed by atoms with E-state index in [9.17, 15) is 74.6 Å². The number of hydrogen-bond donors (Lipinski definition) is 10. The van der Waals surface area contributed by atoms with Gasteiger partial charge >= 0.3 is 31.7 Å². The predicted octanol–water partition coefficient (Wildman–Crippen LogP) is 15.9. The van der Waals surface area contributed by atoms with Crippen LogP contribution in [0.1, 0.15) is 368 Å². The molecule has 2 heterocycles. The Labute approximate surface area is 685 Å². The Kier molecular flexibility index (Phi) is 62.0. The molecule has 0 amide bonds. The maximum absolute atomic E-state index is 14.9. The fraction of sp³-hybridized carbons (Fsp3) is 0.886. The third-order valence-electron chi connectivity index (χ3n) is 21.8. The lowest BCUT2D eigenvalue weighted by atomic mass is 9.84. The molecule has 18 unspecified atom stereocenters. The van der Waals surface area contributed by atoms with Crippen LogP contribution in [0.2, 0.25) is 0 Å². The SMILES string of the molecule is CCCCCCCC/C=C\CCCCCC(=O)OCC(COP(=O)(O)OC1C(OC2OC(CO)C(O)C(O)C2O)C(O)C(O)C(OC(=O)CCCCC/C=C\CCCCCCCC)C1OC1OC(COC(=O)CCCCCCCCCCCCCCCCCC)C(O)C(O)C1O)OC(=O)CCCCC/C=C\CCCCCCCC. The molecule has 0 radical (unpaired) electrons. The summed E-state index contributed by atoms with van der Waals surface area (Å²) < 4.78 is 73.2. The third kappa shape index (κ3) is 47.6. The zero-order valence-electron chi connectivity index (χ0n) is 70.6. The molecule has 1 aliphatic carbocycles. The van der Waals surface area contributed by atoms with Gasteiger partial charge in [0.15, 0.2) is 24.8 Å². The minimum atomic E-state index is -5.81. The monoisotopic (exact) mass is 1650 g/mol. The minimum Gasteiger partial charge on any atom is -0.463 e. The van der Waals surface area contributed by atoms with Gasteiger partial charge in [-0.15, -0.1) is 0 Å². The molecule has 3 fully saturated rings. The predicted molar refractivity (Wildman–Crippen MR) is 439 cm³/mol. The van der Waals surface area contributed by atoms with E-state index in [0.717, 1.165) is 116 Å². The van der Waals surface area contributed by atoms with Crippen molar-refractivity contribution in [1.29, 1.82) is 0 Å². The molecule has 3 rings (SSSR count). The van der Waals surface area contributed by atoms with Crippen molar-refractivity contribution >= 4 is 31.7 Å². The van der Waals surface area contributed by atoms with Gasteiger partial charge in [0.25, 0.3) is 0 Å². The summed E-state index contributed by atoms with van der Waals surface area (Å²) in [6.07, 6.45) is 27.5. The number of phosphoric acid groups is 1. The first kappa shape index (κ1) is 105. The second-order valence-corrected chi connectivity index (χ2v) is 33.5.